The van der Waals surface area contributed by atoms with Crippen LogP contribution in [0.25, 0.3) is 0 Å². The third kappa shape index (κ3) is 4.98. The van der Waals surface area contributed by atoms with E-state index in [2.05, 4.69) is 55.4 Å². The lowest BCUT2D eigenvalue weighted by molar-refractivity contribution is 0.370. The summed E-state index contributed by atoms with van der Waals surface area (Å²) < 4.78 is 5.35. The highest BCUT2D eigenvalue weighted by atomic mass is 16.5. The van der Waals surface area contributed by atoms with Crippen LogP contribution in [0.2, 0.25) is 0 Å². The highest BCUT2D eigenvalue weighted by molar-refractivity contribution is 5.29. The van der Waals surface area contributed by atoms with Crippen molar-refractivity contribution in [3.05, 3.63) is 64.7 Å². The van der Waals surface area contributed by atoms with Gasteiger partial charge in [-0.25, -0.2) is 0 Å². The van der Waals surface area contributed by atoms with E-state index >= 15 is 0 Å². The van der Waals surface area contributed by atoms with Gasteiger partial charge in [0.05, 0.1) is 0 Å². The lowest BCUT2D eigenvalue weighted by Crippen LogP contribution is -2.12. The highest BCUT2D eigenvalue weighted by Crippen LogP contribution is 2.12. The predicted octanol–water partition coefficient (Wildman–Crippen LogP) is 3.61. The molecule has 2 aromatic carbocycles. The molecular weight excluding hydrogens is 258 g/mol. The molecule has 21 heavy (non-hydrogen) atoms. The van der Waals surface area contributed by atoms with E-state index in [9.17, 15) is 0 Å². The van der Waals surface area contributed by atoms with E-state index < -0.39 is 0 Å². The normalized spacial score (nSPS) is 10.1. The summed E-state index contributed by atoms with van der Waals surface area (Å²) in [5, 5.41) is 3.46. The monoisotopic (exact) mass is 279 g/mol. The minimum Gasteiger partial charge on any atom is -0.481 e. The Bertz CT molecular complexity index is 603. The van der Waals surface area contributed by atoms with Crippen molar-refractivity contribution in [1.82, 2.24) is 5.32 Å². The summed E-state index contributed by atoms with van der Waals surface area (Å²) in [6, 6.07) is 14.6. The molecule has 0 aromatic heterocycles. The molecule has 1 N–H and O–H groups in total. The van der Waals surface area contributed by atoms with E-state index in [4.69, 9.17) is 11.2 Å². The minimum atomic E-state index is 0.310. The summed E-state index contributed by atoms with van der Waals surface area (Å²) in [5.74, 6) is 3.27. The third-order valence-electron chi connectivity index (χ3n) is 3.19. The van der Waals surface area contributed by atoms with E-state index in [0.717, 1.165) is 18.8 Å². The Kier molecular flexibility index (Phi) is 5.43. The Hall–Kier alpha value is -2.24. The van der Waals surface area contributed by atoms with Crippen LogP contribution in [0.15, 0.2) is 42.5 Å². The summed E-state index contributed by atoms with van der Waals surface area (Å²) in [6.07, 6.45) is 5.16. The molecule has 2 nitrogen and oxygen atoms in total. The number of hydrogen-bond donors (Lipinski definition) is 1. The zero-order chi connectivity index (χ0) is 15.1. The van der Waals surface area contributed by atoms with Gasteiger partial charge in [0.1, 0.15) is 12.4 Å². The van der Waals surface area contributed by atoms with Crippen molar-refractivity contribution in [2.24, 2.45) is 0 Å². The van der Waals surface area contributed by atoms with Gasteiger partial charge in [-0.15, -0.1) is 6.42 Å². The van der Waals surface area contributed by atoms with Crippen LogP contribution in [0, 0.1) is 26.2 Å². The maximum atomic E-state index is 5.35. The molecule has 2 heteroatoms. The van der Waals surface area contributed by atoms with Crippen molar-refractivity contribution < 1.29 is 4.74 Å². The van der Waals surface area contributed by atoms with Gasteiger partial charge in [0.25, 0.3) is 0 Å². The van der Waals surface area contributed by atoms with Crippen molar-refractivity contribution in [3.63, 3.8) is 0 Å². The number of ether oxygens (including phenoxy) is 1. The summed E-state index contributed by atoms with van der Waals surface area (Å²) in [4.78, 5) is 0. The molecule has 0 amide bonds. The Labute approximate surface area is 127 Å². The largest absolute Gasteiger partial charge is 0.481 e. The van der Waals surface area contributed by atoms with Crippen molar-refractivity contribution in [1.29, 1.82) is 0 Å². The summed E-state index contributed by atoms with van der Waals surface area (Å²) in [6.45, 7) is 6.28. The second kappa shape index (κ2) is 7.52. The first-order chi connectivity index (χ1) is 10.2. The molecule has 0 bridgehead atoms. The molecule has 0 aliphatic rings. The maximum absolute atomic E-state index is 5.35. The lowest BCUT2D eigenvalue weighted by atomic mass is 10.1. The fraction of sp³-hybridized carbons (Fsp3) is 0.263. The van der Waals surface area contributed by atoms with Crippen LogP contribution >= 0.6 is 0 Å². The Balaban J connectivity index is 1.84. The summed E-state index contributed by atoms with van der Waals surface area (Å²) in [7, 11) is 0. The van der Waals surface area contributed by atoms with Gasteiger partial charge < -0.3 is 10.1 Å². The number of benzene rings is 2. The summed E-state index contributed by atoms with van der Waals surface area (Å²) >= 11 is 0. The predicted molar refractivity (Wildman–Crippen MR) is 87.2 cm³/mol. The van der Waals surface area contributed by atoms with E-state index in [1.807, 2.05) is 12.1 Å². The zero-order valence-corrected chi connectivity index (χ0v) is 12.6. The average Bonchev–Trinajstić information content (AvgIpc) is 2.45. The van der Waals surface area contributed by atoms with Crippen LogP contribution in [0.1, 0.15) is 22.3 Å². The van der Waals surface area contributed by atoms with Crippen LogP contribution in [0.5, 0.6) is 5.75 Å². The van der Waals surface area contributed by atoms with Gasteiger partial charge in [0, 0.05) is 13.1 Å². The molecule has 2 rings (SSSR count). The fourth-order valence-electron chi connectivity index (χ4n) is 2.35. The Morgan fingerprint density at radius 2 is 1.57 bits per heavy atom. The molecule has 108 valence electrons. The fourth-order valence-corrected chi connectivity index (χ4v) is 2.35. The van der Waals surface area contributed by atoms with Crippen LogP contribution in [-0.2, 0) is 13.1 Å². The van der Waals surface area contributed by atoms with E-state index in [-0.39, 0.29) is 0 Å². The minimum absolute atomic E-state index is 0.310. The van der Waals surface area contributed by atoms with Gasteiger partial charge in [-0.2, -0.15) is 0 Å². The topological polar surface area (TPSA) is 21.3 Å². The molecule has 0 saturated heterocycles. The second-order valence-corrected chi connectivity index (χ2v) is 5.24. The standard InChI is InChI=1S/C19H21NO/c1-4-9-21-19-7-5-17(6-8-19)13-20-14-18-11-15(2)10-16(3)12-18/h1,5-8,10-12,20H,9,13-14H2,2-3H3. The summed E-state index contributed by atoms with van der Waals surface area (Å²) in [5.41, 5.74) is 5.16. The molecule has 0 saturated carbocycles. The third-order valence-corrected chi connectivity index (χ3v) is 3.19. The van der Waals surface area contributed by atoms with Gasteiger partial charge in [-0.3, -0.25) is 0 Å². The van der Waals surface area contributed by atoms with E-state index in [1.165, 1.54) is 22.3 Å². The molecule has 0 unspecified atom stereocenters. The number of hydrogen-bond acceptors (Lipinski definition) is 2. The highest BCUT2D eigenvalue weighted by Gasteiger charge is 1.98. The molecule has 0 aliphatic carbocycles. The van der Waals surface area contributed by atoms with E-state index in [0.29, 0.717) is 6.61 Å². The lowest BCUT2D eigenvalue weighted by Gasteiger charge is -2.08. The molecular formula is C19H21NO. The van der Waals surface area contributed by atoms with Gasteiger partial charge in [0.2, 0.25) is 0 Å². The first-order valence-electron chi connectivity index (χ1n) is 7.10. The zero-order valence-electron chi connectivity index (χ0n) is 12.6. The first kappa shape index (κ1) is 15.2. The first-order valence-corrected chi connectivity index (χ1v) is 7.10. The van der Waals surface area contributed by atoms with Crippen LogP contribution in [-0.4, -0.2) is 6.61 Å². The van der Waals surface area contributed by atoms with Gasteiger partial charge in [-0.05, 0) is 37.1 Å². The molecule has 0 aliphatic heterocycles. The van der Waals surface area contributed by atoms with Crippen molar-refractivity contribution in [2.45, 2.75) is 26.9 Å². The van der Waals surface area contributed by atoms with E-state index in [1.54, 1.807) is 0 Å². The maximum Gasteiger partial charge on any atom is 0.148 e. The number of rotatable bonds is 6. The van der Waals surface area contributed by atoms with Crippen molar-refractivity contribution in [2.75, 3.05) is 6.61 Å². The SMILES string of the molecule is C#CCOc1ccc(CNCc2cc(C)cc(C)c2)cc1. The van der Waals surface area contributed by atoms with Crippen LogP contribution < -0.4 is 10.1 Å². The Morgan fingerprint density at radius 1 is 0.952 bits per heavy atom. The van der Waals surface area contributed by atoms with Crippen molar-refractivity contribution in [3.8, 4) is 18.1 Å². The van der Waals surface area contributed by atoms with Crippen molar-refractivity contribution >= 4 is 0 Å². The molecule has 0 heterocycles. The number of nitrogens with one attached hydrogen (secondary N) is 1. The molecule has 2 aromatic rings. The smallest absolute Gasteiger partial charge is 0.148 e. The molecule has 0 atom stereocenters. The van der Waals surface area contributed by atoms with Gasteiger partial charge >= 0.3 is 0 Å². The second-order valence-electron chi connectivity index (χ2n) is 5.24. The molecule has 0 spiro atoms. The molecule has 0 radical (unpaired) electrons. The number of aryl methyl sites for hydroxylation is 2. The quantitative estimate of drug-likeness (QED) is 0.816. The number of terminal acetylenes is 1. The van der Waals surface area contributed by atoms with Crippen LogP contribution in [0.4, 0.5) is 0 Å². The average molecular weight is 279 g/mol. The molecule has 0 fully saturated rings. The van der Waals surface area contributed by atoms with Gasteiger partial charge in [0.15, 0.2) is 0 Å². The van der Waals surface area contributed by atoms with Crippen LogP contribution in [0.3, 0.4) is 0 Å². The Morgan fingerprint density at radius 3 is 2.19 bits per heavy atom. The van der Waals surface area contributed by atoms with Gasteiger partial charge in [-0.1, -0.05) is 47.4 Å².